The fraction of sp³-hybridized carbons (Fsp3) is 0.222. The molecular formula is C18H19N3O4S. The van der Waals surface area contributed by atoms with E-state index >= 15 is 0 Å². The Hall–Kier alpha value is -2.87. The molecule has 0 spiro atoms. The lowest BCUT2D eigenvalue weighted by molar-refractivity contribution is -0.385. The predicted octanol–water partition coefficient (Wildman–Crippen LogP) is 3.44. The number of benzene rings is 2. The van der Waals surface area contributed by atoms with Gasteiger partial charge in [-0.1, -0.05) is 12.1 Å². The van der Waals surface area contributed by atoms with E-state index in [1.807, 2.05) is 31.3 Å². The molecule has 0 saturated carbocycles. The molecule has 26 heavy (non-hydrogen) atoms. The number of sulfone groups is 1. The van der Waals surface area contributed by atoms with Crippen LogP contribution in [0.4, 0.5) is 11.4 Å². The van der Waals surface area contributed by atoms with Gasteiger partial charge in [-0.05, 0) is 36.6 Å². The number of non-ortho nitro benzene ring substituents is 1. The minimum atomic E-state index is -3.59. The maximum Gasteiger partial charge on any atom is 0.270 e. The lowest BCUT2D eigenvalue weighted by Crippen LogP contribution is -2.09. The van der Waals surface area contributed by atoms with Crippen molar-refractivity contribution in [3.05, 3.63) is 63.8 Å². The largest absolute Gasteiger partial charge is 0.384 e. The number of anilines is 1. The molecular weight excluding hydrogens is 354 g/mol. The number of aromatic amines is 1. The number of nitrogens with zero attached hydrogens (tertiary/aromatic N) is 1. The summed E-state index contributed by atoms with van der Waals surface area (Å²) in [6, 6.07) is 9.88. The van der Waals surface area contributed by atoms with Crippen molar-refractivity contribution in [3.8, 4) is 0 Å². The number of rotatable bonds is 6. The van der Waals surface area contributed by atoms with Crippen LogP contribution < -0.4 is 5.32 Å². The summed E-state index contributed by atoms with van der Waals surface area (Å²) in [4.78, 5) is 13.5. The second kappa shape index (κ2) is 6.80. The van der Waals surface area contributed by atoms with Gasteiger partial charge < -0.3 is 10.3 Å². The van der Waals surface area contributed by atoms with Crippen molar-refractivity contribution in [2.75, 3.05) is 18.1 Å². The molecule has 2 N–H and O–H groups in total. The Bertz CT molecular complexity index is 1090. The Morgan fingerprint density at radius 2 is 2.00 bits per heavy atom. The quantitative estimate of drug-likeness (QED) is 0.509. The van der Waals surface area contributed by atoms with Crippen molar-refractivity contribution < 1.29 is 13.3 Å². The van der Waals surface area contributed by atoms with Crippen LogP contribution in [0.2, 0.25) is 0 Å². The van der Waals surface area contributed by atoms with Crippen LogP contribution in [0.15, 0.2) is 47.5 Å². The van der Waals surface area contributed by atoms with Gasteiger partial charge in [0.15, 0.2) is 9.84 Å². The van der Waals surface area contributed by atoms with Gasteiger partial charge in [-0.25, -0.2) is 8.42 Å². The molecule has 0 saturated heterocycles. The summed E-state index contributed by atoms with van der Waals surface area (Å²) in [5.74, 6) is 0. The number of H-pyrrole nitrogens is 1. The zero-order valence-corrected chi connectivity index (χ0v) is 15.3. The van der Waals surface area contributed by atoms with Crippen LogP contribution in [0.5, 0.6) is 0 Å². The van der Waals surface area contributed by atoms with Crippen LogP contribution in [0.25, 0.3) is 10.9 Å². The SMILES string of the molecule is Cc1cccc2[nH]cc(CCNc3ccc([N+](=O)[O-])cc3S(C)(=O)=O)c12. The van der Waals surface area contributed by atoms with Crippen LogP contribution in [-0.2, 0) is 16.3 Å². The van der Waals surface area contributed by atoms with E-state index in [-0.39, 0.29) is 10.6 Å². The molecule has 8 heteroatoms. The summed E-state index contributed by atoms with van der Waals surface area (Å²) in [5, 5.41) is 15.2. The molecule has 0 aliphatic rings. The number of nitro benzene ring substituents is 1. The van der Waals surface area contributed by atoms with E-state index in [2.05, 4.69) is 10.3 Å². The number of aromatic nitrogens is 1. The third-order valence-electron chi connectivity index (χ3n) is 4.28. The van der Waals surface area contributed by atoms with Gasteiger partial charge in [0.25, 0.3) is 5.69 Å². The monoisotopic (exact) mass is 373 g/mol. The van der Waals surface area contributed by atoms with E-state index in [1.54, 1.807) is 0 Å². The summed E-state index contributed by atoms with van der Waals surface area (Å²) in [7, 11) is -3.59. The van der Waals surface area contributed by atoms with Gasteiger partial charge in [0.1, 0.15) is 0 Å². The number of nitro groups is 1. The van der Waals surface area contributed by atoms with E-state index in [9.17, 15) is 18.5 Å². The Morgan fingerprint density at radius 3 is 2.69 bits per heavy atom. The van der Waals surface area contributed by atoms with Crippen molar-refractivity contribution in [3.63, 3.8) is 0 Å². The van der Waals surface area contributed by atoms with Crippen molar-refractivity contribution in [2.24, 2.45) is 0 Å². The molecule has 2 aromatic carbocycles. The van der Waals surface area contributed by atoms with Gasteiger partial charge in [-0.2, -0.15) is 0 Å². The lowest BCUT2D eigenvalue weighted by Gasteiger charge is -2.11. The number of hydrogen-bond acceptors (Lipinski definition) is 5. The summed E-state index contributed by atoms with van der Waals surface area (Å²) >= 11 is 0. The topological polar surface area (TPSA) is 105 Å². The highest BCUT2D eigenvalue weighted by atomic mass is 32.2. The average Bonchev–Trinajstić information content (AvgIpc) is 2.98. The molecule has 0 unspecified atom stereocenters. The van der Waals surface area contributed by atoms with E-state index in [0.29, 0.717) is 18.7 Å². The molecule has 0 atom stereocenters. The molecule has 3 rings (SSSR count). The highest BCUT2D eigenvalue weighted by Crippen LogP contribution is 2.27. The molecule has 7 nitrogen and oxygen atoms in total. The molecule has 0 radical (unpaired) electrons. The standard InChI is InChI=1S/C18H19N3O4S/c1-12-4-3-5-16-18(12)13(11-20-16)8-9-19-15-7-6-14(21(22)23)10-17(15)26(2,24)25/h3-7,10-11,19-20H,8-9H2,1-2H3. The van der Waals surface area contributed by atoms with E-state index in [1.165, 1.54) is 23.1 Å². The second-order valence-electron chi connectivity index (χ2n) is 6.20. The van der Waals surface area contributed by atoms with Gasteiger partial charge in [-0.15, -0.1) is 0 Å². The van der Waals surface area contributed by atoms with Crippen molar-refractivity contribution >= 4 is 32.1 Å². The fourth-order valence-corrected chi connectivity index (χ4v) is 3.93. The molecule has 0 aliphatic carbocycles. The molecule has 1 heterocycles. The van der Waals surface area contributed by atoms with Crippen LogP contribution in [0, 0.1) is 17.0 Å². The minimum Gasteiger partial charge on any atom is -0.384 e. The minimum absolute atomic E-state index is 0.0678. The Balaban J connectivity index is 1.82. The molecule has 3 aromatic rings. The second-order valence-corrected chi connectivity index (χ2v) is 8.18. The van der Waals surface area contributed by atoms with Crippen LogP contribution in [0.1, 0.15) is 11.1 Å². The maximum atomic E-state index is 12.0. The zero-order chi connectivity index (χ0) is 18.9. The lowest BCUT2D eigenvalue weighted by atomic mass is 10.1. The van der Waals surface area contributed by atoms with Crippen LogP contribution >= 0.6 is 0 Å². The predicted molar refractivity (Wildman–Crippen MR) is 101 cm³/mol. The number of nitrogens with one attached hydrogen (secondary N) is 2. The van der Waals surface area contributed by atoms with Crippen LogP contribution in [0.3, 0.4) is 0 Å². The summed E-state index contributed by atoms with van der Waals surface area (Å²) in [6.45, 7) is 2.55. The first kappa shape index (κ1) is 17.9. The average molecular weight is 373 g/mol. The Labute approximate surface area is 151 Å². The number of hydrogen-bond donors (Lipinski definition) is 2. The van der Waals surface area contributed by atoms with Crippen LogP contribution in [-0.4, -0.2) is 31.1 Å². The summed E-state index contributed by atoms with van der Waals surface area (Å²) in [6.07, 6.45) is 3.68. The van der Waals surface area contributed by atoms with E-state index in [4.69, 9.17) is 0 Å². The fourth-order valence-electron chi connectivity index (χ4n) is 3.06. The molecule has 136 valence electrons. The molecule has 1 aromatic heterocycles. The third kappa shape index (κ3) is 3.55. The van der Waals surface area contributed by atoms with Gasteiger partial charge in [0.05, 0.1) is 15.5 Å². The number of aryl methyl sites for hydroxylation is 1. The Kier molecular flexibility index (Phi) is 4.69. The molecule has 0 amide bonds. The first-order valence-corrected chi connectivity index (χ1v) is 9.94. The normalized spacial score (nSPS) is 11.6. The zero-order valence-electron chi connectivity index (χ0n) is 14.4. The van der Waals surface area contributed by atoms with E-state index < -0.39 is 14.8 Å². The Morgan fingerprint density at radius 1 is 1.23 bits per heavy atom. The summed E-state index contributed by atoms with van der Waals surface area (Å²) in [5.41, 5.74) is 3.49. The van der Waals surface area contributed by atoms with Gasteiger partial charge in [-0.3, -0.25) is 10.1 Å². The van der Waals surface area contributed by atoms with Crippen molar-refractivity contribution in [1.29, 1.82) is 0 Å². The molecule has 0 bridgehead atoms. The highest BCUT2D eigenvalue weighted by Gasteiger charge is 2.18. The van der Waals surface area contributed by atoms with Gasteiger partial charge >= 0.3 is 0 Å². The van der Waals surface area contributed by atoms with Crippen molar-refractivity contribution in [1.82, 2.24) is 4.98 Å². The maximum absolute atomic E-state index is 12.0. The first-order chi connectivity index (χ1) is 12.3. The highest BCUT2D eigenvalue weighted by molar-refractivity contribution is 7.90. The molecule has 0 aliphatic heterocycles. The third-order valence-corrected chi connectivity index (χ3v) is 5.42. The molecule has 0 fully saturated rings. The van der Waals surface area contributed by atoms with Gasteiger partial charge in [0.2, 0.25) is 0 Å². The van der Waals surface area contributed by atoms with Crippen molar-refractivity contribution in [2.45, 2.75) is 18.2 Å². The van der Waals surface area contributed by atoms with Gasteiger partial charge in [0, 0.05) is 42.0 Å². The first-order valence-electron chi connectivity index (χ1n) is 8.05. The van der Waals surface area contributed by atoms with E-state index in [0.717, 1.165) is 23.4 Å². The summed E-state index contributed by atoms with van der Waals surface area (Å²) < 4.78 is 23.9. The number of fused-ring (bicyclic) bond motifs is 1. The smallest absolute Gasteiger partial charge is 0.270 e.